The first-order valence-corrected chi connectivity index (χ1v) is 7.01. The number of non-ortho nitro benzene ring substituents is 1. The highest BCUT2D eigenvalue weighted by molar-refractivity contribution is 5.78. The summed E-state index contributed by atoms with van der Waals surface area (Å²) in [6.07, 6.45) is 3.98. The van der Waals surface area contributed by atoms with Gasteiger partial charge in [-0.25, -0.2) is 4.98 Å². The minimum atomic E-state index is -0.419. The van der Waals surface area contributed by atoms with Crippen molar-refractivity contribution in [3.63, 3.8) is 0 Å². The number of nitro groups is 1. The Morgan fingerprint density at radius 1 is 1.43 bits per heavy atom. The van der Waals surface area contributed by atoms with Gasteiger partial charge in [0.05, 0.1) is 22.2 Å². The van der Waals surface area contributed by atoms with Gasteiger partial charge in [-0.05, 0) is 26.0 Å². The third-order valence-electron chi connectivity index (χ3n) is 3.88. The Balaban J connectivity index is 1.90. The number of benzene rings is 1. The molecule has 1 aliphatic heterocycles. The Bertz CT molecular complexity index is 675. The van der Waals surface area contributed by atoms with Gasteiger partial charge >= 0.3 is 0 Å². The molecule has 1 fully saturated rings. The largest absolute Gasteiger partial charge is 0.354 e. The van der Waals surface area contributed by atoms with Gasteiger partial charge in [-0.1, -0.05) is 0 Å². The Morgan fingerprint density at radius 3 is 3.05 bits per heavy atom. The van der Waals surface area contributed by atoms with E-state index in [4.69, 9.17) is 0 Å². The van der Waals surface area contributed by atoms with Crippen molar-refractivity contribution >= 4 is 22.5 Å². The summed E-state index contributed by atoms with van der Waals surface area (Å²) in [5.74, 6) is 0.830. The molecule has 0 spiro atoms. The molecule has 2 aromatic rings. The van der Waals surface area contributed by atoms with Crippen LogP contribution in [0.15, 0.2) is 24.4 Å². The van der Waals surface area contributed by atoms with Gasteiger partial charge < -0.3 is 10.2 Å². The van der Waals surface area contributed by atoms with Crippen molar-refractivity contribution in [3.05, 3.63) is 34.5 Å². The van der Waals surface area contributed by atoms with E-state index in [2.05, 4.69) is 20.2 Å². The molecule has 2 heterocycles. The number of hydrogen-bond donors (Lipinski definition) is 1. The first kappa shape index (κ1) is 13.7. The van der Waals surface area contributed by atoms with Crippen molar-refractivity contribution in [1.29, 1.82) is 0 Å². The molecule has 0 aliphatic carbocycles. The van der Waals surface area contributed by atoms with E-state index >= 15 is 0 Å². The SMILES string of the molecule is CNC1CCCN(c2cnc3cc([N+](=O)[O-])ccc3n2)C1. The molecule has 1 N–H and O–H groups in total. The van der Waals surface area contributed by atoms with Crippen molar-refractivity contribution in [2.24, 2.45) is 0 Å². The molecule has 7 heteroatoms. The number of likely N-dealkylation sites (N-methyl/N-ethyl adjacent to an activating group) is 1. The summed E-state index contributed by atoms with van der Waals surface area (Å²) >= 11 is 0. The summed E-state index contributed by atoms with van der Waals surface area (Å²) in [4.78, 5) is 21.5. The van der Waals surface area contributed by atoms with Gasteiger partial charge in [0.2, 0.25) is 0 Å². The third-order valence-corrected chi connectivity index (χ3v) is 3.88. The second-order valence-corrected chi connectivity index (χ2v) is 5.23. The molecule has 3 rings (SSSR count). The number of anilines is 1. The number of nitro benzene ring substituents is 1. The topological polar surface area (TPSA) is 84.2 Å². The maximum atomic E-state index is 10.8. The lowest BCUT2D eigenvalue weighted by Crippen LogP contribution is -2.44. The predicted octanol–water partition coefficient (Wildman–Crippen LogP) is 1.73. The molecule has 0 saturated carbocycles. The van der Waals surface area contributed by atoms with E-state index in [1.807, 2.05) is 7.05 Å². The first-order chi connectivity index (χ1) is 10.2. The molecule has 7 nitrogen and oxygen atoms in total. The maximum Gasteiger partial charge on any atom is 0.271 e. The Labute approximate surface area is 122 Å². The van der Waals surface area contributed by atoms with Gasteiger partial charge in [-0.15, -0.1) is 0 Å². The highest BCUT2D eigenvalue weighted by Crippen LogP contribution is 2.22. The molecule has 0 radical (unpaired) electrons. The predicted molar refractivity (Wildman–Crippen MR) is 80.5 cm³/mol. The average molecular weight is 287 g/mol. The average Bonchev–Trinajstić information content (AvgIpc) is 2.53. The van der Waals surface area contributed by atoms with Crippen molar-refractivity contribution in [1.82, 2.24) is 15.3 Å². The summed E-state index contributed by atoms with van der Waals surface area (Å²) in [7, 11) is 1.97. The molecule has 1 atom stereocenters. The van der Waals surface area contributed by atoms with E-state index in [0.29, 0.717) is 17.1 Å². The standard InChI is InChI=1S/C14H17N5O2/c1-15-10-3-2-6-18(9-10)14-8-16-13-7-11(19(20)21)4-5-12(13)17-14/h4-5,7-8,10,15H,2-3,6,9H2,1H3. The second kappa shape index (κ2) is 5.61. The molecule has 1 unspecified atom stereocenters. The molecule has 1 aliphatic rings. The number of nitrogens with zero attached hydrogens (tertiary/aromatic N) is 4. The molecule has 0 bridgehead atoms. The van der Waals surface area contributed by atoms with Crippen LogP contribution in [0.1, 0.15) is 12.8 Å². The van der Waals surface area contributed by atoms with E-state index in [1.165, 1.54) is 18.6 Å². The molecule has 1 aromatic carbocycles. The van der Waals surface area contributed by atoms with Gasteiger partial charge in [0.25, 0.3) is 5.69 Å². The Kier molecular flexibility index (Phi) is 3.66. The summed E-state index contributed by atoms with van der Waals surface area (Å²) in [6.45, 7) is 1.87. The van der Waals surface area contributed by atoms with Gasteiger partial charge in [-0.2, -0.15) is 0 Å². The van der Waals surface area contributed by atoms with E-state index in [9.17, 15) is 10.1 Å². The van der Waals surface area contributed by atoms with Crippen LogP contribution in [0.2, 0.25) is 0 Å². The zero-order chi connectivity index (χ0) is 14.8. The molecular formula is C14H17N5O2. The lowest BCUT2D eigenvalue weighted by Gasteiger charge is -2.33. The van der Waals surface area contributed by atoms with Gasteiger partial charge in [0.1, 0.15) is 5.82 Å². The molecular weight excluding hydrogens is 270 g/mol. The van der Waals surface area contributed by atoms with Gasteiger partial charge in [0, 0.05) is 31.3 Å². The van der Waals surface area contributed by atoms with Gasteiger partial charge in [-0.3, -0.25) is 15.1 Å². The maximum absolute atomic E-state index is 10.8. The molecule has 1 aromatic heterocycles. The fraction of sp³-hybridized carbons (Fsp3) is 0.429. The van der Waals surface area contributed by atoms with Crippen LogP contribution in [0.5, 0.6) is 0 Å². The quantitative estimate of drug-likeness (QED) is 0.683. The minimum Gasteiger partial charge on any atom is -0.354 e. The fourth-order valence-corrected chi connectivity index (χ4v) is 2.68. The molecule has 0 amide bonds. The smallest absolute Gasteiger partial charge is 0.271 e. The lowest BCUT2D eigenvalue weighted by molar-refractivity contribution is -0.384. The molecule has 1 saturated heterocycles. The first-order valence-electron chi connectivity index (χ1n) is 7.01. The summed E-state index contributed by atoms with van der Waals surface area (Å²) in [5.41, 5.74) is 1.28. The van der Waals surface area contributed by atoms with Crippen molar-refractivity contribution in [2.45, 2.75) is 18.9 Å². The van der Waals surface area contributed by atoms with Gasteiger partial charge in [0.15, 0.2) is 0 Å². The van der Waals surface area contributed by atoms with E-state index in [1.54, 1.807) is 12.3 Å². The highest BCUT2D eigenvalue weighted by atomic mass is 16.6. The normalized spacial score (nSPS) is 18.9. The fourth-order valence-electron chi connectivity index (χ4n) is 2.68. The number of nitrogens with one attached hydrogen (secondary N) is 1. The molecule has 110 valence electrons. The van der Waals surface area contributed by atoms with Crippen LogP contribution in [0.3, 0.4) is 0 Å². The Hall–Kier alpha value is -2.28. The van der Waals surface area contributed by atoms with Crippen molar-refractivity contribution < 1.29 is 4.92 Å². The van der Waals surface area contributed by atoms with Crippen molar-refractivity contribution in [2.75, 3.05) is 25.0 Å². The minimum absolute atomic E-state index is 0.0396. The van der Waals surface area contributed by atoms with Crippen LogP contribution in [-0.4, -0.2) is 41.1 Å². The number of piperidine rings is 1. The number of aromatic nitrogens is 2. The number of rotatable bonds is 3. The summed E-state index contributed by atoms with van der Waals surface area (Å²) in [5, 5.41) is 14.1. The summed E-state index contributed by atoms with van der Waals surface area (Å²) < 4.78 is 0. The van der Waals surface area contributed by atoms with Crippen LogP contribution < -0.4 is 10.2 Å². The zero-order valence-corrected chi connectivity index (χ0v) is 11.8. The van der Waals surface area contributed by atoms with E-state index in [-0.39, 0.29) is 5.69 Å². The highest BCUT2D eigenvalue weighted by Gasteiger charge is 2.20. The third kappa shape index (κ3) is 2.78. The van der Waals surface area contributed by atoms with E-state index in [0.717, 1.165) is 25.3 Å². The monoisotopic (exact) mass is 287 g/mol. The van der Waals surface area contributed by atoms with E-state index < -0.39 is 4.92 Å². The summed E-state index contributed by atoms with van der Waals surface area (Å²) in [6, 6.07) is 5.04. The van der Waals surface area contributed by atoms with Crippen LogP contribution in [0, 0.1) is 10.1 Å². The molecule has 21 heavy (non-hydrogen) atoms. The van der Waals surface area contributed by atoms with Crippen LogP contribution in [-0.2, 0) is 0 Å². The lowest BCUT2D eigenvalue weighted by atomic mass is 10.1. The number of fused-ring (bicyclic) bond motifs is 1. The van der Waals surface area contributed by atoms with Crippen molar-refractivity contribution in [3.8, 4) is 0 Å². The second-order valence-electron chi connectivity index (χ2n) is 5.23. The number of hydrogen-bond acceptors (Lipinski definition) is 6. The van der Waals surface area contributed by atoms with Crippen LogP contribution >= 0.6 is 0 Å². The zero-order valence-electron chi connectivity index (χ0n) is 11.8. The van der Waals surface area contributed by atoms with Crippen LogP contribution in [0.4, 0.5) is 11.5 Å². The van der Waals surface area contributed by atoms with Crippen LogP contribution in [0.25, 0.3) is 11.0 Å². The Morgan fingerprint density at radius 2 is 2.29 bits per heavy atom.